The third kappa shape index (κ3) is 37.4. The number of unbranched alkanes of at least 4 members (excludes halogenated alkanes) is 35. The summed E-state index contributed by atoms with van der Waals surface area (Å²) in [6, 6.07) is -0.941. The quantitative estimate of drug-likeness (QED) is 0.0193. The highest BCUT2D eigenvalue weighted by Crippen LogP contribution is 2.26. The number of aliphatic hydroxyl groups excluding tert-OH is 4. The fourth-order valence-electron chi connectivity index (χ4n) is 9.10. The first-order valence-corrected chi connectivity index (χ1v) is 29.6. The van der Waals surface area contributed by atoms with E-state index in [-0.39, 0.29) is 18.9 Å². The Morgan fingerprint density at radius 2 is 0.941 bits per heavy atom. The average molecular weight is 989 g/mol. The number of rotatable bonds is 49. The van der Waals surface area contributed by atoms with Crippen molar-refractivity contribution in [3.05, 3.63) is 24.3 Å². The summed E-state index contributed by atoms with van der Waals surface area (Å²) in [6.45, 7) is 3.39. The van der Waals surface area contributed by atoms with Gasteiger partial charge in [0.15, 0.2) is 6.29 Å². The maximum Gasteiger partial charge on any atom is 0.397 e. The van der Waals surface area contributed by atoms with Crippen LogP contribution < -0.4 is 5.32 Å². The van der Waals surface area contributed by atoms with E-state index >= 15 is 0 Å². The number of hydrogen-bond acceptors (Lipinski definition) is 10. The summed E-state index contributed by atoms with van der Waals surface area (Å²) in [5, 5.41) is 44.8. The Hall–Kier alpha value is -1.42. The molecule has 6 N–H and O–H groups in total. The van der Waals surface area contributed by atoms with Gasteiger partial charge in [-0.15, -0.1) is 0 Å². The zero-order chi connectivity index (χ0) is 49.8. The van der Waals surface area contributed by atoms with Crippen LogP contribution in [0.2, 0.25) is 0 Å². The zero-order valence-corrected chi connectivity index (χ0v) is 44.3. The molecule has 1 amide bonds. The van der Waals surface area contributed by atoms with E-state index in [1.54, 1.807) is 6.08 Å². The van der Waals surface area contributed by atoms with Gasteiger partial charge in [-0.25, -0.2) is 4.18 Å². The molecule has 0 aromatic rings. The molecule has 0 spiro atoms. The molecule has 7 atom stereocenters. The number of aliphatic hydroxyl groups is 4. The van der Waals surface area contributed by atoms with Crippen molar-refractivity contribution >= 4 is 16.3 Å². The Kier molecular flexibility index (Phi) is 43.2. The van der Waals surface area contributed by atoms with Crippen LogP contribution >= 0.6 is 0 Å². The second kappa shape index (κ2) is 45.4. The Labute approximate surface area is 416 Å². The van der Waals surface area contributed by atoms with E-state index in [0.29, 0.717) is 6.42 Å². The zero-order valence-electron chi connectivity index (χ0n) is 43.4. The molecule has 1 heterocycles. The molecule has 12 nitrogen and oxygen atoms in total. The summed E-state index contributed by atoms with van der Waals surface area (Å²) in [5.74, 6) is -0.261. The summed E-state index contributed by atoms with van der Waals surface area (Å²) in [7, 11) is -5.08. The highest BCUT2D eigenvalue weighted by Gasteiger charge is 2.48. The molecule has 1 aliphatic rings. The van der Waals surface area contributed by atoms with Crippen LogP contribution in [-0.4, -0.2) is 95.4 Å². The van der Waals surface area contributed by atoms with Crippen molar-refractivity contribution in [1.82, 2.24) is 5.32 Å². The number of carbonyl (C=O) groups excluding carboxylic acids is 1. The molecular weight excluding hydrogens is 883 g/mol. The maximum atomic E-state index is 13.1. The molecule has 1 aliphatic heterocycles. The van der Waals surface area contributed by atoms with Gasteiger partial charge >= 0.3 is 10.4 Å². The maximum absolute atomic E-state index is 13.1. The van der Waals surface area contributed by atoms with E-state index in [4.69, 9.17) is 9.47 Å². The van der Waals surface area contributed by atoms with Crippen molar-refractivity contribution in [3.63, 3.8) is 0 Å². The van der Waals surface area contributed by atoms with E-state index in [9.17, 15) is 38.2 Å². The molecule has 1 fully saturated rings. The summed E-state index contributed by atoms with van der Waals surface area (Å²) >= 11 is 0. The van der Waals surface area contributed by atoms with Crippen LogP contribution in [0.3, 0.4) is 0 Å². The minimum absolute atomic E-state index is 0.261. The summed E-state index contributed by atoms with van der Waals surface area (Å²) in [4.78, 5) is 13.1. The predicted molar refractivity (Wildman–Crippen MR) is 278 cm³/mol. The van der Waals surface area contributed by atoms with Crippen LogP contribution in [0.5, 0.6) is 0 Å². The van der Waals surface area contributed by atoms with Gasteiger partial charge in [0.25, 0.3) is 0 Å². The fraction of sp³-hybridized carbons (Fsp3) is 0.909. The van der Waals surface area contributed by atoms with E-state index in [0.717, 1.165) is 38.5 Å². The van der Waals surface area contributed by atoms with Gasteiger partial charge in [0.1, 0.15) is 24.4 Å². The van der Waals surface area contributed by atoms with Crippen LogP contribution in [0, 0.1) is 0 Å². The average Bonchev–Trinajstić information content (AvgIpc) is 3.31. The first kappa shape index (κ1) is 64.6. The second-order valence-electron chi connectivity index (χ2n) is 19.9. The molecule has 1 rings (SSSR count). The van der Waals surface area contributed by atoms with Gasteiger partial charge < -0.3 is 35.2 Å². The molecule has 68 heavy (non-hydrogen) atoms. The largest absolute Gasteiger partial charge is 0.397 e. The SMILES string of the molecule is CCCCCCCCCCC/C=C/C(O)C(COC1OC(CO)C(O)C(OS(=O)(=O)O)C1O)NC(=O)CCCCCCCCCCCCCCCC/C=C\CCCCCCCCCCCCCC. The molecule has 13 heteroatoms. The number of amides is 1. The van der Waals surface area contributed by atoms with Gasteiger partial charge in [-0.05, 0) is 44.9 Å². The minimum atomic E-state index is -5.08. The van der Waals surface area contributed by atoms with Crippen molar-refractivity contribution < 1.29 is 51.8 Å². The number of nitrogens with one attached hydrogen (secondary N) is 1. The van der Waals surface area contributed by atoms with E-state index in [1.807, 2.05) is 6.08 Å². The van der Waals surface area contributed by atoms with Gasteiger partial charge in [-0.3, -0.25) is 9.35 Å². The number of carbonyl (C=O) groups is 1. The van der Waals surface area contributed by atoms with Gasteiger partial charge in [-0.2, -0.15) is 8.42 Å². The van der Waals surface area contributed by atoms with Crippen molar-refractivity contribution in [2.24, 2.45) is 0 Å². The smallest absolute Gasteiger partial charge is 0.394 e. The molecule has 1 saturated heterocycles. The van der Waals surface area contributed by atoms with E-state index < -0.39 is 59.9 Å². The minimum Gasteiger partial charge on any atom is -0.394 e. The van der Waals surface area contributed by atoms with Gasteiger partial charge in [0, 0.05) is 6.42 Å². The van der Waals surface area contributed by atoms with Gasteiger partial charge in [0.05, 0.1) is 25.4 Å². The van der Waals surface area contributed by atoms with Crippen molar-refractivity contribution in [1.29, 1.82) is 0 Å². The number of ether oxygens (including phenoxy) is 2. The number of allylic oxidation sites excluding steroid dienone is 3. The lowest BCUT2D eigenvalue weighted by Crippen LogP contribution is -2.61. The molecule has 7 unspecified atom stereocenters. The number of hydrogen-bond donors (Lipinski definition) is 6. The first-order valence-electron chi connectivity index (χ1n) is 28.2. The van der Waals surface area contributed by atoms with Crippen LogP contribution in [0.4, 0.5) is 0 Å². The first-order chi connectivity index (χ1) is 33.0. The van der Waals surface area contributed by atoms with Crippen molar-refractivity contribution in [2.75, 3.05) is 13.2 Å². The second-order valence-corrected chi connectivity index (χ2v) is 20.9. The molecule has 0 saturated carbocycles. The standard InChI is InChI=1S/C55H105NO11S/c1-3-5-7-9-11-13-15-16-17-18-19-20-21-22-23-24-25-26-27-28-29-30-31-32-33-35-37-39-41-43-45-51(59)56-48(49(58)44-42-40-38-36-34-14-12-10-8-6-4-2)47-65-55-53(61)54(67-68(62,63)64)52(60)50(46-57)66-55/h22-23,42,44,48-50,52-55,57-58,60-61H,3-21,24-41,43,45-47H2,1-2H3,(H,56,59)(H,62,63,64)/b23-22-,44-42+. The third-order valence-electron chi connectivity index (χ3n) is 13.5. The molecule has 402 valence electrons. The lowest BCUT2D eigenvalue weighted by Gasteiger charge is -2.41. The summed E-state index contributed by atoms with van der Waals surface area (Å²) in [5.41, 5.74) is 0. The fourth-order valence-corrected chi connectivity index (χ4v) is 9.61. The molecule has 0 aromatic heterocycles. The summed E-state index contributed by atoms with van der Waals surface area (Å²) < 4.78 is 47.7. The molecule has 0 aliphatic carbocycles. The highest BCUT2D eigenvalue weighted by atomic mass is 32.3. The predicted octanol–water partition coefficient (Wildman–Crippen LogP) is 12.8. The lowest BCUT2D eigenvalue weighted by atomic mass is 9.99. The van der Waals surface area contributed by atoms with Crippen LogP contribution in [-0.2, 0) is 28.9 Å². The molecule has 0 bridgehead atoms. The monoisotopic (exact) mass is 988 g/mol. The van der Waals surface area contributed by atoms with Crippen molar-refractivity contribution in [3.8, 4) is 0 Å². The van der Waals surface area contributed by atoms with Crippen LogP contribution in [0.15, 0.2) is 24.3 Å². The Balaban J connectivity index is 2.25. The third-order valence-corrected chi connectivity index (χ3v) is 13.9. The molecule has 0 aromatic carbocycles. The Morgan fingerprint density at radius 3 is 1.32 bits per heavy atom. The molecule has 0 radical (unpaired) electrons. The lowest BCUT2D eigenvalue weighted by molar-refractivity contribution is -0.298. The van der Waals surface area contributed by atoms with E-state index in [2.05, 4.69) is 35.5 Å². The van der Waals surface area contributed by atoms with Crippen LogP contribution in [0.25, 0.3) is 0 Å². The highest BCUT2D eigenvalue weighted by molar-refractivity contribution is 7.80. The van der Waals surface area contributed by atoms with Crippen molar-refractivity contribution in [2.45, 2.75) is 307 Å². The summed E-state index contributed by atoms with van der Waals surface area (Å²) in [6.07, 6.45) is 46.8. The topological polar surface area (TPSA) is 192 Å². The Bertz CT molecular complexity index is 1300. The van der Waals surface area contributed by atoms with E-state index in [1.165, 1.54) is 199 Å². The van der Waals surface area contributed by atoms with Gasteiger partial charge in [-0.1, -0.05) is 237 Å². The van der Waals surface area contributed by atoms with Gasteiger partial charge in [0.2, 0.25) is 5.91 Å². The molecular formula is C55H105NO11S. The normalized spacial score (nSPS) is 19.9. The Morgan fingerprint density at radius 1 is 0.574 bits per heavy atom. The van der Waals surface area contributed by atoms with Crippen LogP contribution in [0.1, 0.15) is 264 Å².